The van der Waals surface area contributed by atoms with Gasteiger partial charge in [-0.1, -0.05) is 12.1 Å². The molecule has 0 spiro atoms. The second-order valence-electron chi connectivity index (χ2n) is 5.86. The average Bonchev–Trinajstić information content (AvgIpc) is 3.00. The van der Waals surface area contributed by atoms with E-state index in [1.54, 1.807) is 39.0 Å². The molecule has 1 N–H and O–H groups in total. The standard InChI is InChI=1S/C16H17N5O4/c1-9(2)25-15(22)13-10(3)19-16-17-8-18-20(16)14(13)11-6-4-5-7-12(11)21(23)24/h4-9,14H,1-3H3,(H,17,18,19)/t14-/m1/s1. The number of anilines is 1. The molecule has 0 fully saturated rings. The first kappa shape index (κ1) is 16.6. The van der Waals surface area contributed by atoms with Gasteiger partial charge in [-0.3, -0.25) is 10.1 Å². The molecular weight excluding hydrogens is 326 g/mol. The van der Waals surface area contributed by atoms with Crippen LogP contribution in [0.25, 0.3) is 0 Å². The van der Waals surface area contributed by atoms with E-state index < -0.39 is 16.9 Å². The van der Waals surface area contributed by atoms with Crippen molar-refractivity contribution in [1.29, 1.82) is 0 Å². The minimum absolute atomic E-state index is 0.0986. The predicted octanol–water partition coefficient (Wildman–Crippen LogP) is 2.43. The van der Waals surface area contributed by atoms with Gasteiger partial charge in [-0.2, -0.15) is 10.1 Å². The Hall–Kier alpha value is -3.23. The molecule has 9 nitrogen and oxygen atoms in total. The van der Waals surface area contributed by atoms with Gasteiger partial charge in [-0.15, -0.1) is 0 Å². The Bertz CT molecular complexity index is 871. The molecule has 2 aromatic rings. The highest BCUT2D eigenvalue weighted by molar-refractivity contribution is 5.92. The van der Waals surface area contributed by atoms with E-state index in [9.17, 15) is 14.9 Å². The number of carbonyl (C=O) groups excluding carboxylic acids is 1. The third kappa shape index (κ3) is 2.95. The van der Waals surface area contributed by atoms with Gasteiger partial charge in [0.15, 0.2) is 0 Å². The van der Waals surface area contributed by atoms with Gasteiger partial charge < -0.3 is 10.1 Å². The topological polar surface area (TPSA) is 112 Å². The van der Waals surface area contributed by atoms with Crippen LogP contribution in [-0.4, -0.2) is 31.8 Å². The Kier molecular flexibility index (Phi) is 4.22. The van der Waals surface area contributed by atoms with Crippen LogP contribution in [0, 0.1) is 10.1 Å². The first-order chi connectivity index (χ1) is 11.9. The summed E-state index contributed by atoms with van der Waals surface area (Å²) < 4.78 is 6.79. The predicted molar refractivity (Wildman–Crippen MR) is 88.8 cm³/mol. The van der Waals surface area contributed by atoms with E-state index in [4.69, 9.17) is 4.74 Å². The molecule has 3 rings (SSSR count). The number of aromatic nitrogens is 3. The molecule has 130 valence electrons. The van der Waals surface area contributed by atoms with E-state index in [-0.39, 0.29) is 17.4 Å². The number of hydrogen-bond acceptors (Lipinski definition) is 7. The molecule has 1 aromatic carbocycles. The van der Waals surface area contributed by atoms with E-state index in [0.29, 0.717) is 17.2 Å². The molecule has 0 radical (unpaired) electrons. The summed E-state index contributed by atoms with van der Waals surface area (Å²) in [4.78, 5) is 27.7. The third-order valence-corrected chi connectivity index (χ3v) is 3.79. The van der Waals surface area contributed by atoms with E-state index in [1.807, 2.05) is 0 Å². The molecular formula is C16H17N5O4. The number of esters is 1. The summed E-state index contributed by atoms with van der Waals surface area (Å²) in [6, 6.07) is 5.46. The van der Waals surface area contributed by atoms with Gasteiger partial charge in [0.05, 0.1) is 22.2 Å². The molecule has 1 aromatic heterocycles. The lowest BCUT2D eigenvalue weighted by molar-refractivity contribution is -0.385. The molecule has 1 atom stereocenters. The number of nitrogens with one attached hydrogen (secondary N) is 1. The lowest BCUT2D eigenvalue weighted by Crippen LogP contribution is -2.31. The van der Waals surface area contributed by atoms with Crippen molar-refractivity contribution in [1.82, 2.24) is 14.8 Å². The van der Waals surface area contributed by atoms with Crippen molar-refractivity contribution in [3.8, 4) is 0 Å². The van der Waals surface area contributed by atoms with Crippen LogP contribution in [0.2, 0.25) is 0 Å². The lowest BCUT2D eigenvalue weighted by atomic mass is 9.94. The first-order valence-corrected chi connectivity index (χ1v) is 7.71. The van der Waals surface area contributed by atoms with Crippen LogP contribution in [0.15, 0.2) is 41.9 Å². The molecule has 1 aliphatic rings. The number of para-hydroxylation sites is 1. The summed E-state index contributed by atoms with van der Waals surface area (Å²) in [6.07, 6.45) is 1.00. The number of benzene rings is 1. The molecule has 0 saturated heterocycles. The number of nitro groups is 1. The van der Waals surface area contributed by atoms with Crippen LogP contribution in [0.1, 0.15) is 32.4 Å². The minimum Gasteiger partial charge on any atom is -0.459 e. The number of fused-ring (bicyclic) bond motifs is 1. The van der Waals surface area contributed by atoms with Crippen LogP contribution in [-0.2, 0) is 9.53 Å². The Balaban J connectivity index is 2.20. The van der Waals surface area contributed by atoms with Gasteiger partial charge in [0.2, 0.25) is 5.95 Å². The van der Waals surface area contributed by atoms with Gasteiger partial charge in [-0.05, 0) is 26.8 Å². The highest BCUT2D eigenvalue weighted by atomic mass is 16.6. The van der Waals surface area contributed by atoms with Gasteiger partial charge in [0, 0.05) is 11.8 Å². The fourth-order valence-electron chi connectivity index (χ4n) is 2.81. The molecule has 2 heterocycles. The largest absolute Gasteiger partial charge is 0.459 e. The van der Waals surface area contributed by atoms with Crippen molar-refractivity contribution < 1.29 is 14.5 Å². The number of ether oxygens (including phenoxy) is 1. The Morgan fingerprint density at radius 3 is 2.80 bits per heavy atom. The zero-order chi connectivity index (χ0) is 18.1. The maximum atomic E-state index is 12.7. The summed E-state index contributed by atoms with van der Waals surface area (Å²) in [5.74, 6) is -0.147. The summed E-state index contributed by atoms with van der Waals surface area (Å²) in [7, 11) is 0. The number of allylic oxidation sites excluding steroid dienone is 1. The Labute approximate surface area is 143 Å². The van der Waals surface area contributed by atoms with Crippen molar-refractivity contribution in [3.05, 3.63) is 57.5 Å². The van der Waals surface area contributed by atoms with Gasteiger partial charge in [0.25, 0.3) is 5.69 Å². The quantitative estimate of drug-likeness (QED) is 0.515. The molecule has 9 heteroatoms. The van der Waals surface area contributed by atoms with Crippen molar-refractivity contribution in [3.63, 3.8) is 0 Å². The monoisotopic (exact) mass is 343 g/mol. The van der Waals surface area contributed by atoms with Crippen LogP contribution in [0.5, 0.6) is 0 Å². The second-order valence-corrected chi connectivity index (χ2v) is 5.86. The maximum absolute atomic E-state index is 12.7. The minimum atomic E-state index is -0.799. The summed E-state index contributed by atoms with van der Waals surface area (Å²) in [6.45, 7) is 5.19. The highest BCUT2D eigenvalue weighted by Crippen LogP contribution is 2.38. The zero-order valence-corrected chi connectivity index (χ0v) is 14.0. The van der Waals surface area contributed by atoms with Crippen molar-refractivity contribution in [2.24, 2.45) is 0 Å². The number of carbonyl (C=O) groups is 1. The number of nitro benzene ring substituents is 1. The van der Waals surface area contributed by atoms with Crippen molar-refractivity contribution in [2.45, 2.75) is 32.9 Å². The van der Waals surface area contributed by atoms with Crippen LogP contribution < -0.4 is 5.32 Å². The number of hydrogen-bond donors (Lipinski definition) is 1. The number of rotatable bonds is 4. The molecule has 0 amide bonds. The van der Waals surface area contributed by atoms with Gasteiger partial charge in [-0.25, -0.2) is 9.48 Å². The maximum Gasteiger partial charge on any atom is 0.338 e. The summed E-state index contributed by atoms with van der Waals surface area (Å²) >= 11 is 0. The van der Waals surface area contributed by atoms with E-state index in [0.717, 1.165) is 0 Å². The van der Waals surface area contributed by atoms with E-state index in [2.05, 4.69) is 15.4 Å². The van der Waals surface area contributed by atoms with Crippen LogP contribution in [0.4, 0.5) is 11.6 Å². The number of nitrogens with zero attached hydrogens (tertiary/aromatic N) is 4. The molecule has 1 aliphatic heterocycles. The molecule has 0 unspecified atom stereocenters. The van der Waals surface area contributed by atoms with Crippen molar-refractivity contribution in [2.75, 3.05) is 5.32 Å². The molecule has 0 bridgehead atoms. The first-order valence-electron chi connectivity index (χ1n) is 7.71. The van der Waals surface area contributed by atoms with Gasteiger partial charge in [0.1, 0.15) is 12.4 Å². The Morgan fingerprint density at radius 2 is 2.12 bits per heavy atom. The second kappa shape index (κ2) is 6.34. The van der Waals surface area contributed by atoms with E-state index in [1.165, 1.54) is 17.1 Å². The third-order valence-electron chi connectivity index (χ3n) is 3.79. The SMILES string of the molecule is CC1=C(C(=O)OC(C)C)[C@@H](c2ccccc2[N+](=O)[O-])n2ncnc2N1. The van der Waals surface area contributed by atoms with Crippen LogP contribution in [0.3, 0.4) is 0 Å². The average molecular weight is 343 g/mol. The van der Waals surface area contributed by atoms with Crippen molar-refractivity contribution >= 4 is 17.6 Å². The Morgan fingerprint density at radius 1 is 1.40 bits per heavy atom. The lowest BCUT2D eigenvalue weighted by Gasteiger charge is -2.28. The fraction of sp³-hybridized carbons (Fsp3) is 0.312. The highest BCUT2D eigenvalue weighted by Gasteiger charge is 2.37. The summed E-state index contributed by atoms with van der Waals surface area (Å²) in [5, 5.41) is 18.6. The fourth-order valence-corrected chi connectivity index (χ4v) is 2.81. The zero-order valence-electron chi connectivity index (χ0n) is 14.0. The molecule has 25 heavy (non-hydrogen) atoms. The van der Waals surface area contributed by atoms with Crippen LogP contribution >= 0.6 is 0 Å². The normalized spacial score (nSPS) is 16.4. The summed E-state index contributed by atoms with van der Waals surface area (Å²) in [5.41, 5.74) is 1.03. The molecule has 0 aliphatic carbocycles. The molecule has 0 saturated carbocycles. The van der Waals surface area contributed by atoms with E-state index >= 15 is 0 Å². The smallest absolute Gasteiger partial charge is 0.338 e. The van der Waals surface area contributed by atoms with Gasteiger partial charge >= 0.3 is 5.97 Å².